The minimum atomic E-state index is -0.596. The minimum Gasteiger partial charge on any atom is -0.494 e. The zero-order valence-corrected chi connectivity index (χ0v) is 16.2. The summed E-state index contributed by atoms with van der Waals surface area (Å²) >= 11 is 11.8. The molecular formula is C18H15Cl2N3O5. The second-order valence-electron chi connectivity index (χ2n) is 6.14. The van der Waals surface area contributed by atoms with Crippen molar-refractivity contribution in [2.75, 3.05) is 23.9 Å². The summed E-state index contributed by atoms with van der Waals surface area (Å²) in [6, 6.07) is 8.66. The van der Waals surface area contributed by atoms with Gasteiger partial charge < -0.3 is 15.0 Å². The molecule has 0 unspecified atom stereocenters. The first-order valence-electron chi connectivity index (χ1n) is 8.19. The Labute approximate surface area is 170 Å². The fourth-order valence-corrected chi connectivity index (χ4v) is 3.24. The van der Waals surface area contributed by atoms with Gasteiger partial charge in [-0.15, -0.1) is 0 Å². The number of ether oxygens (including phenoxy) is 1. The maximum atomic E-state index is 12.5. The van der Waals surface area contributed by atoms with Crippen LogP contribution < -0.4 is 15.0 Å². The van der Waals surface area contributed by atoms with Crippen LogP contribution in [0.15, 0.2) is 36.4 Å². The van der Waals surface area contributed by atoms with Gasteiger partial charge >= 0.3 is 0 Å². The van der Waals surface area contributed by atoms with Crippen molar-refractivity contribution in [2.45, 2.75) is 6.42 Å². The summed E-state index contributed by atoms with van der Waals surface area (Å²) in [4.78, 5) is 36.8. The van der Waals surface area contributed by atoms with Gasteiger partial charge in [0.2, 0.25) is 11.8 Å². The molecule has 1 aliphatic heterocycles. The van der Waals surface area contributed by atoms with E-state index in [1.165, 1.54) is 36.3 Å². The molecule has 28 heavy (non-hydrogen) atoms. The average molecular weight is 424 g/mol. The molecule has 8 nitrogen and oxygen atoms in total. The number of nitrogens with zero attached hydrogens (tertiary/aromatic N) is 2. The largest absolute Gasteiger partial charge is 0.494 e. The van der Waals surface area contributed by atoms with E-state index in [9.17, 15) is 19.7 Å². The first-order valence-corrected chi connectivity index (χ1v) is 8.94. The van der Waals surface area contributed by atoms with Gasteiger partial charge in [0, 0.05) is 24.7 Å². The topological polar surface area (TPSA) is 102 Å². The zero-order valence-electron chi connectivity index (χ0n) is 14.6. The monoisotopic (exact) mass is 423 g/mol. The molecule has 146 valence electrons. The number of carbonyl (C=O) groups excluding carboxylic acids is 2. The van der Waals surface area contributed by atoms with E-state index in [4.69, 9.17) is 27.9 Å². The molecule has 1 heterocycles. The number of anilines is 2. The van der Waals surface area contributed by atoms with Crippen LogP contribution in [0.25, 0.3) is 0 Å². The number of hydrogen-bond donors (Lipinski definition) is 1. The van der Waals surface area contributed by atoms with Crippen molar-refractivity contribution >= 4 is 52.1 Å². The van der Waals surface area contributed by atoms with Gasteiger partial charge in [-0.2, -0.15) is 0 Å². The highest BCUT2D eigenvalue weighted by atomic mass is 35.5. The summed E-state index contributed by atoms with van der Waals surface area (Å²) in [6.45, 7) is 0.125. The van der Waals surface area contributed by atoms with E-state index in [0.29, 0.717) is 21.4 Å². The molecule has 0 aromatic heterocycles. The Balaban J connectivity index is 1.77. The maximum Gasteiger partial charge on any atom is 0.273 e. The Morgan fingerprint density at radius 3 is 2.64 bits per heavy atom. The van der Waals surface area contributed by atoms with E-state index in [2.05, 4.69) is 5.32 Å². The second kappa shape index (κ2) is 8.04. The van der Waals surface area contributed by atoms with Crippen molar-refractivity contribution < 1.29 is 19.2 Å². The standard InChI is InChI=1S/C18H15Cl2N3O5/c1-28-16-8-12(23(26)27)3-5-15(16)22-9-10(6-17(22)24)18(25)21-11-2-4-13(19)14(20)7-11/h2-5,7-8,10H,6,9H2,1H3,(H,21,25)/t10-/m1/s1. The van der Waals surface area contributed by atoms with Crippen molar-refractivity contribution in [1.82, 2.24) is 0 Å². The highest BCUT2D eigenvalue weighted by Crippen LogP contribution is 2.36. The van der Waals surface area contributed by atoms with E-state index in [1.54, 1.807) is 12.1 Å². The number of nitro groups is 1. The number of nitro benzene ring substituents is 1. The van der Waals surface area contributed by atoms with Crippen molar-refractivity contribution in [3.63, 3.8) is 0 Å². The van der Waals surface area contributed by atoms with Gasteiger partial charge in [0.05, 0.1) is 39.8 Å². The first-order chi connectivity index (χ1) is 13.3. The molecule has 0 radical (unpaired) electrons. The number of methoxy groups -OCH3 is 1. The Hall–Kier alpha value is -2.84. The lowest BCUT2D eigenvalue weighted by Crippen LogP contribution is -2.28. The lowest BCUT2D eigenvalue weighted by atomic mass is 10.1. The van der Waals surface area contributed by atoms with Crippen LogP contribution in [0.5, 0.6) is 5.75 Å². The zero-order chi connectivity index (χ0) is 20.4. The van der Waals surface area contributed by atoms with Crippen LogP contribution in [0.2, 0.25) is 10.0 Å². The van der Waals surface area contributed by atoms with E-state index in [-0.39, 0.29) is 36.2 Å². The van der Waals surface area contributed by atoms with E-state index in [1.807, 2.05) is 0 Å². The molecule has 2 aromatic carbocycles. The SMILES string of the molecule is COc1cc([N+](=O)[O-])ccc1N1C[C@H](C(=O)Nc2ccc(Cl)c(Cl)c2)CC1=O. The Morgan fingerprint density at radius 2 is 2.00 bits per heavy atom. The third-order valence-electron chi connectivity index (χ3n) is 4.35. The second-order valence-corrected chi connectivity index (χ2v) is 6.95. The molecule has 0 saturated carbocycles. The molecule has 3 rings (SSSR count). The number of carbonyl (C=O) groups is 2. The van der Waals surface area contributed by atoms with Gasteiger partial charge in [-0.1, -0.05) is 23.2 Å². The molecule has 1 fully saturated rings. The molecular weight excluding hydrogens is 409 g/mol. The first kappa shape index (κ1) is 19.9. The van der Waals surface area contributed by atoms with Crippen LogP contribution in [0.3, 0.4) is 0 Å². The molecule has 0 aliphatic carbocycles. The van der Waals surface area contributed by atoms with Crippen LogP contribution in [-0.4, -0.2) is 30.4 Å². The van der Waals surface area contributed by atoms with Gasteiger partial charge in [-0.25, -0.2) is 0 Å². The third kappa shape index (κ3) is 4.02. The Morgan fingerprint density at radius 1 is 1.25 bits per heavy atom. The summed E-state index contributed by atoms with van der Waals surface area (Å²) in [7, 11) is 1.36. The van der Waals surface area contributed by atoms with Crippen LogP contribution in [0.1, 0.15) is 6.42 Å². The van der Waals surface area contributed by atoms with Crippen LogP contribution in [0, 0.1) is 16.0 Å². The van der Waals surface area contributed by atoms with E-state index in [0.717, 1.165) is 0 Å². The highest BCUT2D eigenvalue weighted by molar-refractivity contribution is 6.42. The summed E-state index contributed by atoms with van der Waals surface area (Å²) < 4.78 is 5.19. The molecule has 0 bridgehead atoms. The van der Waals surface area contributed by atoms with Crippen molar-refractivity contribution in [3.8, 4) is 5.75 Å². The Bertz CT molecular complexity index is 966. The summed E-state index contributed by atoms with van der Waals surface area (Å²) in [5.41, 5.74) is 0.697. The summed E-state index contributed by atoms with van der Waals surface area (Å²) in [5.74, 6) is -1.02. The third-order valence-corrected chi connectivity index (χ3v) is 5.09. The summed E-state index contributed by atoms with van der Waals surface area (Å²) in [6.07, 6.45) is 0.00724. The van der Waals surface area contributed by atoms with Gasteiger partial charge in [0.15, 0.2) is 0 Å². The van der Waals surface area contributed by atoms with E-state index >= 15 is 0 Å². The molecule has 1 N–H and O–H groups in total. The van der Waals surface area contributed by atoms with Crippen molar-refractivity contribution in [2.24, 2.45) is 5.92 Å². The van der Waals surface area contributed by atoms with Crippen LogP contribution in [0.4, 0.5) is 17.1 Å². The molecule has 1 aliphatic rings. The van der Waals surface area contributed by atoms with Gasteiger partial charge in [0.25, 0.3) is 5.69 Å². The fraction of sp³-hybridized carbons (Fsp3) is 0.222. The summed E-state index contributed by atoms with van der Waals surface area (Å²) in [5, 5.41) is 14.3. The van der Waals surface area contributed by atoms with Gasteiger partial charge in [-0.05, 0) is 24.3 Å². The average Bonchev–Trinajstić information content (AvgIpc) is 3.05. The van der Waals surface area contributed by atoms with Crippen molar-refractivity contribution in [1.29, 1.82) is 0 Å². The molecule has 2 amide bonds. The maximum absolute atomic E-state index is 12.5. The number of nitrogens with one attached hydrogen (secondary N) is 1. The van der Waals surface area contributed by atoms with Crippen LogP contribution in [-0.2, 0) is 9.59 Å². The number of amides is 2. The lowest BCUT2D eigenvalue weighted by Gasteiger charge is -2.19. The van der Waals surface area contributed by atoms with Crippen molar-refractivity contribution in [3.05, 3.63) is 56.6 Å². The predicted molar refractivity (Wildman–Crippen MR) is 105 cm³/mol. The lowest BCUT2D eigenvalue weighted by molar-refractivity contribution is -0.384. The quantitative estimate of drug-likeness (QED) is 0.580. The van der Waals surface area contributed by atoms with Crippen LogP contribution >= 0.6 is 23.2 Å². The van der Waals surface area contributed by atoms with Gasteiger partial charge in [-0.3, -0.25) is 19.7 Å². The Kier molecular flexibility index (Phi) is 5.71. The molecule has 10 heteroatoms. The molecule has 2 aromatic rings. The highest BCUT2D eigenvalue weighted by Gasteiger charge is 2.36. The number of rotatable bonds is 5. The number of halogens is 2. The molecule has 0 spiro atoms. The normalized spacial score (nSPS) is 16.2. The molecule has 1 saturated heterocycles. The minimum absolute atomic E-state index is 0.00724. The fourth-order valence-electron chi connectivity index (χ4n) is 2.94. The van der Waals surface area contributed by atoms with Gasteiger partial charge in [0.1, 0.15) is 5.75 Å². The van der Waals surface area contributed by atoms with E-state index < -0.39 is 10.8 Å². The smallest absolute Gasteiger partial charge is 0.273 e. The predicted octanol–water partition coefficient (Wildman–Crippen LogP) is 3.90. The number of non-ortho nitro benzene ring substituents is 1. The molecule has 1 atom stereocenters. The number of hydrogen-bond acceptors (Lipinski definition) is 5. The number of benzene rings is 2.